The number of halogens is 5. The average Bonchev–Trinajstić information content (AvgIpc) is 3.67. The number of hydrogen-bond donors (Lipinski definition) is 0. The maximum absolute atomic E-state index is 15.2. The van der Waals surface area contributed by atoms with Gasteiger partial charge in [0.1, 0.15) is 16.4 Å². The highest BCUT2D eigenvalue weighted by atomic mass is 32.2. The standard InChI is InChI=1S/C24H25F5N2O4S2/c1-30-22-10-11-23(20-12-17(25)4-9-21(20)26,13-15(22)14-31(18-5-6-18)37(30,34)35)36(32,33)19-7-2-16(3-8-19)24(27,28)29/h2-4,7-9,12,15,18,22H,5-6,10-11,13-14H2,1H3. The Kier molecular flexibility index (Phi) is 6.25. The van der Waals surface area contributed by atoms with Crippen LogP contribution in [0.2, 0.25) is 0 Å². The summed E-state index contributed by atoms with van der Waals surface area (Å²) in [6, 6.07) is 4.71. The van der Waals surface area contributed by atoms with Gasteiger partial charge in [0.25, 0.3) is 10.2 Å². The van der Waals surface area contributed by atoms with Crippen LogP contribution in [0.25, 0.3) is 0 Å². The summed E-state index contributed by atoms with van der Waals surface area (Å²) in [7, 11) is -6.88. The number of sulfone groups is 1. The molecule has 0 bridgehead atoms. The van der Waals surface area contributed by atoms with E-state index < -0.39 is 70.6 Å². The predicted octanol–water partition coefficient (Wildman–Crippen LogP) is 4.48. The summed E-state index contributed by atoms with van der Waals surface area (Å²) in [5.41, 5.74) is -1.44. The van der Waals surface area contributed by atoms with Crippen LogP contribution in [0.5, 0.6) is 0 Å². The smallest absolute Gasteiger partial charge is 0.223 e. The lowest BCUT2D eigenvalue weighted by Crippen LogP contribution is -2.61. The van der Waals surface area contributed by atoms with Gasteiger partial charge in [-0.15, -0.1) is 0 Å². The lowest BCUT2D eigenvalue weighted by Gasteiger charge is -2.51. The number of nitrogens with zero attached hydrogens (tertiary/aromatic N) is 2. The molecule has 2 aromatic carbocycles. The van der Waals surface area contributed by atoms with Gasteiger partial charge in [0.2, 0.25) is 0 Å². The summed E-state index contributed by atoms with van der Waals surface area (Å²) >= 11 is 0. The van der Waals surface area contributed by atoms with Crippen LogP contribution >= 0.6 is 0 Å². The summed E-state index contributed by atoms with van der Waals surface area (Å²) < 4.78 is 124. The third-order valence-electron chi connectivity index (χ3n) is 7.90. The van der Waals surface area contributed by atoms with Gasteiger partial charge in [0.15, 0.2) is 9.84 Å². The second kappa shape index (κ2) is 8.72. The lowest BCUT2D eigenvalue weighted by atomic mass is 9.74. The molecule has 0 spiro atoms. The Bertz CT molecular complexity index is 1430. The minimum Gasteiger partial charge on any atom is -0.223 e. The van der Waals surface area contributed by atoms with Crippen molar-refractivity contribution in [1.82, 2.24) is 8.61 Å². The van der Waals surface area contributed by atoms with Crippen molar-refractivity contribution in [3.8, 4) is 0 Å². The van der Waals surface area contributed by atoms with Gasteiger partial charge in [-0.1, -0.05) is 0 Å². The average molecular weight is 565 g/mol. The molecule has 2 aromatic rings. The van der Waals surface area contributed by atoms with Crippen LogP contribution < -0.4 is 0 Å². The number of alkyl halides is 3. The third kappa shape index (κ3) is 4.27. The van der Waals surface area contributed by atoms with Gasteiger partial charge in [-0.25, -0.2) is 17.2 Å². The van der Waals surface area contributed by atoms with E-state index in [-0.39, 0.29) is 31.8 Å². The fourth-order valence-corrected chi connectivity index (χ4v) is 9.96. The fourth-order valence-electron chi connectivity index (χ4n) is 5.83. The molecule has 2 aliphatic carbocycles. The first kappa shape index (κ1) is 26.5. The summed E-state index contributed by atoms with van der Waals surface area (Å²) in [6.07, 6.45) is -3.73. The molecule has 0 radical (unpaired) electrons. The topological polar surface area (TPSA) is 74.8 Å². The van der Waals surface area contributed by atoms with Crippen molar-refractivity contribution in [1.29, 1.82) is 0 Å². The Morgan fingerprint density at radius 1 is 1.00 bits per heavy atom. The summed E-state index contributed by atoms with van der Waals surface area (Å²) in [6.45, 7) is 0.0310. The molecule has 6 nitrogen and oxygen atoms in total. The van der Waals surface area contributed by atoms with Crippen LogP contribution in [-0.4, -0.2) is 51.1 Å². The molecule has 1 aliphatic heterocycles. The summed E-state index contributed by atoms with van der Waals surface area (Å²) in [5.74, 6) is -2.34. The highest BCUT2D eigenvalue weighted by Gasteiger charge is 2.58. The minimum absolute atomic E-state index is 0.0310. The van der Waals surface area contributed by atoms with Gasteiger partial charge in [-0.2, -0.15) is 30.2 Å². The molecule has 37 heavy (non-hydrogen) atoms. The molecule has 3 aliphatic rings. The molecule has 13 heteroatoms. The van der Waals surface area contributed by atoms with Gasteiger partial charge >= 0.3 is 6.18 Å². The Labute approximate surface area is 212 Å². The van der Waals surface area contributed by atoms with Crippen molar-refractivity contribution in [2.75, 3.05) is 13.6 Å². The van der Waals surface area contributed by atoms with Crippen LogP contribution in [0.1, 0.15) is 43.2 Å². The van der Waals surface area contributed by atoms with Gasteiger partial charge in [-0.3, -0.25) is 0 Å². The maximum Gasteiger partial charge on any atom is 0.416 e. The zero-order valence-electron chi connectivity index (χ0n) is 19.7. The molecule has 0 amide bonds. The highest BCUT2D eigenvalue weighted by molar-refractivity contribution is 7.92. The van der Waals surface area contributed by atoms with Crippen LogP contribution in [0.3, 0.4) is 0 Å². The van der Waals surface area contributed by atoms with Crippen molar-refractivity contribution >= 4 is 20.0 Å². The lowest BCUT2D eigenvalue weighted by molar-refractivity contribution is -0.137. The molecular formula is C24H25F5N2O4S2. The van der Waals surface area contributed by atoms with Crippen molar-refractivity contribution in [3.63, 3.8) is 0 Å². The van der Waals surface area contributed by atoms with Gasteiger partial charge in [-0.05, 0) is 80.5 Å². The number of hydrogen-bond acceptors (Lipinski definition) is 4. The van der Waals surface area contributed by atoms with E-state index in [9.17, 15) is 34.4 Å². The van der Waals surface area contributed by atoms with Crippen molar-refractivity contribution in [3.05, 3.63) is 65.2 Å². The Morgan fingerprint density at radius 2 is 1.65 bits per heavy atom. The Balaban J connectivity index is 1.63. The molecule has 3 atom stereocenters. The molecule has 1 saturated heterocycles. The minimum atomic E-state index is -4.68. The molecule has 0 aromatic heterocycles. The zero-order chi connectivity index (χ0) is 27.0. The molecule has 202 valence electrons. The number of benzene rings is 2. The highest BCUT2D eigenvalue weighted by Crippen LogP contribution is 2.53. The van der Waals surface area contributed by atoms with Crippen molar-refractivity contribution in [2.24, 2.45) is 5.92 Å². The largest absolute Gasteiger partial charge is 0.416 e. The monoisotopic (exact) mass is 564 g/mol. The quantitative estimate of drug-likeness (QED) is 0.514. The van der Waals surface area contributed by atoms with Crippen LogP contribution in [0.15, 0.2) is 47.4 Å². The van der Waals surface area contributed by atoms with E-state index in [2.05, 4.69) is 0 Å². The van der Waals surface area contributed by atoms with Crippen LogP contribution in [0, 0.1) is 17.6 Å². The first-order chi connectivity index (χ1) is 17.2. The first-order valence-corrected chi connectivity index (χ1v) is 14.7. The van der Waals surface area contributed by atoms with E-state index in [0.29, 0.717) is 25.0 Å². The van der Waals surface area contributed by atoms with Gasteiger partial charge < -0.3 is 0 Å². The Morgan fingerprint density at radius 3 is 2.24 bits per heavy atom. The molecule has 1 heterocycles. The van der Waals surface area contributed by atoms with E-state index in [0.717, 1.165) is 30.3 Å². The van der Waals surface area contributed by atoms with Gasteiger partial charge in [0, 0.05) is 31.2 Å². The molecule has 3 unspecified atom stereocenters. The van der Waals surface area contributed by atoms with Gasteiger partial charge in [0.05, 0.1) is 10.5 Å². The van der Waals surface area contributed by atoms with E-state index in [1.165, 1.54) is 15.7 Å². The van der Waals surface area contributed by atoms with E-state index in [4.69, 9.17) is 0 Å². The molecule has 5 rings (SSSR count). The number of rotatable bonds is 4. The Hall–Kier alpha value is -2.09. The third-order valence-corrected chi connectivity index (χ3v) is 12.5. The zero-order valence-corrected chi connectivity index (χ0v) is 21.4. The molecule has 0 N–H and O–H groups in total. The van der Waals surface area contributed by atoms with Crippen LogP contribution in [-0.2, 0) is 31.0 Å². The fraction of sp³-hybridized carbons (Fsp3) is 0.500. The molecule has 2 saturated carbocycles. The second-order valence-corrected chi connectivity index (χ2v) is 14.2. The summed E-state index contributed by atoms with van der Waals surface area (Å²) in [4.78, 5) is -0.446. The SMILES string of the molecule is CN1C2CCC(c3cc(F)ccc3F)(S(=O)(=O)c3ccc(C(F)(F)F)cc3)CC2CN(C2CC2)S1(=O)=O. The van der Waals surface area contributed by atoms with E-state index in [1.54, 1.807) is 0 Å². The molecular weight excluding hydrogens is 539 g/mol. The van der Waals surface area contributed by atoms with E-state index >= 15 is 4.39 Å². The van der Waals surface area contributed by atoms with E-state index in [1.807, 2.05) is 0 Å². The predicted molar refractivity (Wildman–Crippen MR) is 124 cm³/mol. The van der Waals surface area contributed by atoms with Crippen molar-refractivity contribution < 1.29 is 38.8 Å². The van der Waals surface area contributed by atoms with Crippen LogP contribution in [0.4, 0.5) is 22.0 Å². The maximum atomic E-state index is 15.2. The normalized spacial score (nSPS) is 29.1. The van der Waals surface area contributed by atoms with Crippen molar-refractivity contribution in [2.45, 2.75) is 60.0 Å². The number of fused-ring (bicyclic) bond motifs is 1. The first-order valence-electron chi connectivity index (χ1n) is 11.8. The molecule has 3 fully saturated rings. The summed E-state index contributed by atoms with van der Waals surface area (Å²) in [5, 5.41) is 0. The second-order valence-electron chi connectivity index (χ2n) is 10.0.